The summed E-state index contributed by atoms with van der Waals surface area (Å²) < 4.78 is 0. The summed E-state index contributed by atoms with van der Waals surface area (Å²) >= 11 is 0. The smallest absolute Gasteiger partial charge is 0.242 e. The zero-order valence-electron chi connectivity index (χ0n) is 11.0. The normalized spacial score (nSPS) is 13.5. The van der Waals surface area contributed by atoms with Gasteiger partial charge in [0.25, 0.3) is 0 Å². The van der Waals surface area contributed by atoms with Crippen molar-refractivity contribution in [2.75, 3.05) is 6.54 Å². The highest BCUT2D eigenvalue weighted by molar-refractivity contribution is 5.87. The number of likely N-dealkylation sites (N-methyl/N-ethyl adjacent to an activating group) is 1. The molecule has 1 atom stereocenters. The quantitative estimate of drug-likeness (QED) is 0.690. The highest BCUT2D eigenvalue weighted by Gasteiger charge is 2.19. The van der Waals surface area contributed by atoms with E-state index in [9.17, 15) is 9.59 Å². The first-order chi connectivity index (χ1) is 8.04. The van der Waals surface area contributed by atoms with Crippen LogP contribution in [0.15, 0.2) is 23.8 Å². The first-order valence-corrected chi connectivity index (χ1v) is 5.87. The molecule has 0 aliphatic heterocycles. The van der Waals surface area contributed by atoms with Gasteiger partial charge in [-0.2, -0.15) is 0 Å². The third-order valence-corrected chi connectivity index (χ3v) is 2.24. The minimum Gasteiger partial charge on any atom is -0.355 e. The van der Waals surface area contributed by atoms with Crippen molar-refractivity contribution < 1.29 is 9.59 Å². The summed E-state index contributed by atoms with van der Waals surface area (Å²) in [6, 6.07) is -0.505. The maximum Gasteiger partial charge on any atom is 0.242 e. The molecule has 0 radical (unpaired) electrons. The number of hydrogen-bond donors (Lipinski definition) is 2. The lowest BCUT2D eigenvalue weighted by Gasteiger charge is -2.17. The first kappa shape index (κ1) is 15.4. The monoisotopic (exact) mass is 238 g/mol. The van der Waals surface area contributed by atoms with Gasteiger partial charge in [0.05, 0.1) is 0 Å². The molecule has 0 aromatic rings. The second-order valence-corrected chi connectivity index (χ2v) is 3.72. The molecule has 0 aromatic heterocycles. The topological polar surface area (TPSA) is 58.2 Å². The van der Waals surface area contributed by atoms with Crippen LogP contribution in [-0.4, -0.2) is 24.4 Å². The number of carbonyl (C=O) groups excluding carboxylic acids is 2. The summed E-state index contributed by atoms with van der Waals surface area (Å²) in [6.07, 6.45) is 6.30. The molecule has 4 heteroatoms. The summed E-state index contributed by atoms with van der Waals surface area (Å²) in [7, 11) is 0. The lowest BCUT2D eigenvalue weighted by molar-refractivity contribution is -0.127. The summed E-state index contributed by atoms with van der Waals surface area (Å²) in [5.41, 5.74) is 1.03. The molecule has 0 aliphatic rings. The Hall–Kier alpha value is -1.58. The van der Waals surface area contributed by atoms with Crippen molar-refractivity contribution in [2.45, 2.75) is 40.2 Å². The fraction of sp³-hybridized carbons (Fsp3) is 0.538. The minimum atomic E-state index is -0.505. The van der Waals surface area contributed by atoms with Crippen molar-refractivity contribution in [2.24, 2.45) is 0 Å². The minimum absolute atomic E-state index is 0.147. The van der Waals surface area contributed by atoms with Gasteiger partial charge in [0, 0.05) is 19.9 Å². The highest BCUT2D eigenvalue weighted by atomic mass is 16.2. The Labute approximate surface area is 103 Å². The molecule has 0 aliphatic carbocycles. The lowest BCUT2D eigenvalue weighted by atomic mass is 10.0. The van der Waals surface area contributed by atoms with E-state index in [0.717, 1.165) is 5.57 Å². The lowest BCUT2D eigenvalue weighted by Crippen LogP contribution is -2.46. The fourth-order valence-electron chi connectivity index (χ4n) is 1.48. The molecule has 0 spiro atoms. The number of rotatable bonds is 6. The Morgan fingerprint density at radius 3 is 2.35 bits per heavy atom. The molecule has 2 N–H and O–H groups in total. The van der Waals surface area contributed by atoms with E-state index in [1.807, 2.05) is 39.0 Å². The van der Waals surface area contributed by atoms with E-state index >= 15 is 0 Å². The van der Waals surface area contributed by atoms with Crippen LogP contribution in [0.5, 0.6) is 0 Å². The number of amides is 2. The second-order valence-electron chi connectivity index (χ2n) is 3.72. The molecule has 4 nitrogen and oxygen atoms in total. The molecule has 17 heavy (non-hydrogen) atoms. The number of allylic oxidation sites excluding steroid dienone is 3. The molecular formula is C13H22N2O2. The Kier molecular flexibility index (Phi) is 7.76. The van der Waals surface area contributed by atoms with Gasteiger partial charge in [-0.3, -0.25) is 9.59 Å². The molecule has 0 bridgehead atoms. The van der Waals surface area contributed by atoms with Crippen molar-refractivity contribution >= 4 is 11.8 Å². The Morgan fingerprint density at radius 2 is 1.94 bits per heavy atom. The van der Waals surface area contributed by atoms with Crippen molar-refractivity contribution in [3.63, 3.8) is 0 Å². The summed E-state index contributed by atoms with van der Waals surface area (Å²) in [6.45, 7) is 7.66. The Bertz CT molecular complexity index is 319. The first-order valence-electron chi connectivity index (χ1n) is 5.87. The molecular weight excluding hydrogens is 216 g/mol. The summed E-state index contributed by atoms with van der Waals surface area (Å²) in [5, 5.41) is 5.38. The van der Waals surface area contributed by atoms with Gasteiger partial charge in [0.15, 0.2) is 0 Å². The van der Waals surface area contributed by atoms with Gasteiger partial charge < -0.3 is 10.6 Å². The van der Waals surface area contributed by atoms with Crippen molar-refractivity contribution in [3.05, 3.63) is 23.8 Å². The summed E-state index contributed by atoms with van der Waals surface area (Å²) in [5.74, 6) is -0.344. The molecule has 0 fully saturated rings. The summed E-state index contributed by atoms with van der Waals surface area (Å²) in [4.78, 5) is 22.8. The molecule has 96 valence electrons. The third kappa shape index (κ3) is 6.56. The largest absolute Gasteiger partial charge is 0.355 e. The molecule has 0 rings (SSSR count). The zero-order valence-corrected chi connectivity index (χ0v) is 11.0. The molecule has 0 saturated heterocycles. The fourth-order valence-corrected chi connectivity index (χ4v) is 1.48. The molecule has 0 saturated carbocycles. The maximum atomic E-state index is 11.8. The Balaban J connectivity index is 4.68. The average molecular weight is 238 g/mol. The molecule has 1 unspecified atom stereocenters. The van der Waals surface area contributed by atoms with E-state index < -0.39 is 6.04 Å². The van der Waals surface area contributed by atoms with E-state index in [1.165, 1.54) is 6.92 Å². The molecule has 0 heterocycles. The predicted molar refractivity (Wildman–Crippen MR) is 69.5 cm³/mol. The van der Waals surface area contributed by atoms with Gasteiger partial charge in [-0.25, -0.2) is 0 Å². The second kappa shape index (κ2) is 8.56. The Morgan fingerprint density at radius 1 is 1.29 bits per heavy atom. The van der Waals surface area contributed by atoms with Gasteiger partial charge >= 0.3 is 0 Å². The number of carbonyl (C=O) groups is 2. The van der Waals surface area contributed by atoms with Crippen molar-refractivity contribution in [1.82, 2.24) is 10.6 Å². The standard InChI is InChI=1S/C13H22N2O2/c1-5-8-11(6-2)9-12(15-10(4)16)13(17)14-7-3/h5-6,8,12H,7,9H2,1-4H3,(H,14,17)(H,15,16)/b8-5-,11-6+. The average Bonchev–Trinajstić information content (AvgIpc) is 2.27. The van der Waals surface area contributed by atoms with Crippen molar-refractivity contribution in [3.8, 4) is 0 Å². The number of nitrogens with one attached hydrogen (secondary N) is 2. The SMILES string of the molecule is C/C=C\C(=C/C)CC(NC(C)=O)C(=O)NCC. The number of hydrogen-bond acceptors (Lipinski definition) is 2. The van der Waals surface area contributed by atoms with Crippen molar-refractivity contribution in [1.29, 1.82) is 0 Å². The van der Waals surface area contributed by atoms with Crippen LogP contribution in [0.1, 0.15) is 34.1 Å². The van der Waals surface area contributed by atoms with Gasteiger partial charge in [-0.05, 0) is 20.8 Å². The van der Waals surface area contributed by atoms with E-state index in [4.69, 9.17) is 0 Å². The van der Waals surface area contributed by atoms with Gasteiger partial charge in [0.2, 0.25) is 11.8 Å². The van der Waals surface area contributed by atoms with E-state index in [0.29, 0.717) is 13.0 Å². The van der Waals surface area contributed by atoms with Crippen LogP contribution in [0.4, 0.5) is 0 Å². The predicted octanol–water partition coefficient (Wildman–Crippen LogP) is 1.54. The van der Waals surface area contributed by atoms with Crippen LogP contribution in [0, 0.1) is 0 Å². The highest BCUT2D eigenvalue weighted by Crippen LogP contribution is 2.08. The van der Waals surface area contributed by atoms with Crippen LogP contribution in [0.2, 0.25) is 0 Å². The van der Waals surface area contributed by atoms with Gasteiger partial charge in [-0.15, -0.1) is 0 Å². The van der Waals surface area contributed by atoms with Crippen LogP contribution in [0.3, 0.4) is 0 Å². The molecule has 0 aromatic carbocycles. The van der Waals surface area contributed by atoms with E-state index in [1.54, 1.807) is 0 Å². The van der Waals surface area contributed by atoms with Crippen LogP contribution < -0.4 is 10.6 Å². The van der Waals surface area contributed by atoms with Gasteiger partial charge in [0.1, 0.15) is 6.04 Å². The zero-order chi connectivity index (χ0) is 13.3. The maximum absolute atomic E-state index is 11.8. The van der Waals surface area contributed by atoms with E-state index in [2.05, 4.69) is 10.6 Å². The third-order valence-electron chi connectivity index (χ3n) is 2.24. The van der Waals surface area contributed by atoms with Crippen LogP contribution in [0.25, 0.3) is 0 Å². The van der Waals surface area contributed by atoms with Gasteiger partial charge in [-0.1, -0.05) is 23.8 Å². The van der Waals surface area contributed by atoms with E-state index in [-0.39, 0.29) is 11.8 Å². The molecule has 2 amide bonds. The van der Waals surface area contributed by atoms with Crippen LogP contribution >= 0.6 is 0 Å². The van der Waals surface area contributed by atoms with Crippen LogP contribution in [-0.2, 0) is 9.59 Å².